The van der Waals surface area contributed by atoms with Gasteiger partial charge in [0.05, 0.1) is 0 Å². The standard InChI is InChI=1S/C11H11ClN4/c1-6-3-4-7(2)8(5-6)9-14-10(12)16-11(13)15-9/h3-5H,1-2H3,(H2,13,14,15,16). The van der Waals surface area contributed by atoms with Crippen LogP contribution in [-0.4, -0.2) is 15.0 Å². The number of rotatable bonds is 1. The van der Waals surface area contributed by atoms with Gasteiger partial charge in [0.15, 0.2) is 5.82 Å². The number of aryl methyl sites for hydroxylation is 2. The summed E-state index contributed by atoms with van der Waals surface area (Å²) in [6.07, 6.45) is 0. The summed E-state index contributed by atoms with van der Waals surface area (Å²) in [4.78, 5) is 11.9. The molecule has 0 aliphatic heterocycles. The molecule has 0 saturated carbocycles. The monoisotopic (exact) mass is 234 g/mol. The van der Waals surface area contributed by atoms with Gasteiger partial charge in [-0.25, -0.2) is 0 Å². The Morgan fingerprint density at radius 1 is 1.12 bits per heavy atom. The molecule has 0 saturated heterocycles. The van der Waals surface area contributed by atoms with E-state index in [9.17, 15) is 0 Å². The first kappa shape index (κ1) is 10.8. The minimum Gasteiger partial charge on any atom is -0.368 e. The molecule has 1 aromatic carbocycles. The molecule has 1 aromatic heterocycles. The Bertz CT molecular complexity index is 519. The van der Waals surface area contributed by atoms with Crippen molar-refractivity contribution in [2.45, 2.75) is 13.8 Å². The zero-order chi connectivity index (χ0) is 11.7. The minimum atomic E-state index is 0.114. The molecule has 0 atom stereocenters. The maximum Gasteiger partial charge on any atom is 0.227 e. The molecule has 4 nitrogen and oxygen atoms in total. The lowest BCUT2D eigenvalue weighted by Gasteiger charge is -2.06. The minimum absolute atomic E-state index is 0.114. The van der Waals surface area contributed by atoms with Crippen molar-refractivity contribution in [2.75, 3.05) is 5.73 Å². The molecule has 2 rings (SSSR count). The summed E-state index contributed by atoms with van der Waals surface area (Å²) in [6.45, 7) is 4.00. The van der Waals surface area contributed by atoms with Crippen LogP contribution in [0, 0.1) is 13.8 Å². The Balaban J connectivity index is 2.62. The summed E-state index contributed by atoms with van der Waals surface area (Å²) >= 11 is 5.75. The quantitative estimate of drug-likeness (QED) is 0.823. The van der Waals surface area contributed by atoms with Gasteiger partial charge in [-0.3, -0.25) is 0 Å². The van der Waals surface area contributed by atoms with Crippen LogP contribution in [0.1, 0.15) is 11.1 Å². The third-order valence-electron chi connectivity index (χ3n) is 2.26. The lowest BCUT2D eigenvalue weighted by Crippen LogP contribution is -2.00. The van der Waals surface area contributed by atoms with E-state index in [2.05, 4.69) is 15.0 Å². The molecule has 0 radical (unpaired) electrons. The van der Waals surface area contributed by atoms with Crippen molar-refractivity contribution in [3.63, 3.8) is 0 Å². The normalized spacial score (nSPS) is 10.4. The first-order chi connectivity index (χ1) is 7.56. The van der Waals surface area contributed by atoms with Gasteiger partial charge in [-0.1, -0.05) is 17.7 Å². The molecule has 5 heteroatoms. The Kier molecular flexibility index (Phi) is 2.75. The van der Waals surface area contributed by atoms with Crippen molar-refractivity contribution < 1.29 is 0 Å². The van der Waals surface area contributed by atoms with Crippen LogP contribution in [0.2, 0.25) is 5.28 Å². The number of nitrogens with zero attached hydrogens (tertiary/aromatic N) is 3. The lowest BCUT2D eigenvalue weighted by molar-refractivity contribution is 1.07. The van der Waals surface area contributed by atoms with Gasteiger partial charge in [0.1, 0.15) is 0 Å². The van der Waals surface area contributed by atoms with Gasteiger partial charge in [0, 0.05) is 5.56 Å². The van der Waals surface area contributed by atoms with Crippen molar-refractivity contribution in [1.82, 2.24) is 15.0 Å². The van der Waals surface area contributed by atoms with Crippen LogP contribution in [0.25, 0.3) is 11.4 Å². The molecule has 0 bridgehead atoms. The number of nitrogen functional groups attached to an aromatic ring is 1. The highest BCUT2D eigenvalue weighted by Gasteiger charge is 2.08. The fraction of sp³-hybridized carbons (Fsp3) is 0.182. The molecule has 0 unspecified atom stereocenters. The highest BCUT2D eigenvalue weighted by molar-refractivity contribution is 6.28. The van der Waals surface area contributed by atoms with Crippen molar-refractivity contribution in [3.05, 3.63) is 34.6 Å². The van der Waals surface area contributed by atoms with Crippen LogP contribution in [0.3, 0.4) is 0 Å². The van der Waals surface area contributed by atoms with E-state index in [4.69, 9.17) is 17.3 Å². The van der Waals surface area contributed by atoms with Crippen LogP contribution in [0.5, 0.6) is 0 Å². The van der Waals surface area contributed by atoms with E-state index >= 15 is 0 Å². The second-order valence-corrected chi connectivity index (χ2v) is 3.94. The van der Waals surface area contributed by atoms with Crippen LogP contribution in [-0.2, 0) is 0 Å². The average Bonchev–Trinajstić information content (AvgIpc) is 2.20. The molecular weight excluding hydrogens is 224 g/mol. The van der Waals surface area contributed by atoms with E-state index in [0.29, 0.717) is 5.82 Å². The number of anilines is 1. The molecule has 1 heterocycles. The fourth-order valence-electron chi connectivity index (χ4n) is 1.46. The van der Waals surface area contributed by atoms with Gasteiger partial charge in [0.25, 0.3) is 0 Å². The number of nitrogens with two attached hydrogens (primary N) is 1. The average molecular weight is 235 g/mol. The molecular formula is C11H11ClN4. The zero-order valence-electron chi connectivity index (χ0n) is 9.03. The Morgan fingerprint density at radius 3 is 2.56 bits per heavy atom. The van der Waals surface area contributed by atoms with Crippen LogP contribution >= 0.6 is 11.6 Å². The van der Waals surface area contributed by atoms with Gasteiger partial charge in [-0.05, 0) is 37.1 Å². The number of aromatic nitrogens is 3. The summed E-state index contributed by atoms with van der Waals surface area (Å²) in [7, 11) is 0. The summed E-state index contributed by atoms with van der Waals surface area (Å²) in [6, 6.07) is 6.05. The number of hydrogen-bond acceptors (Lipinski definition) is 4. The molecule has 82 valence electrons. The summed E-state index contributed by atoms with van der Waals surface area (Å²) < 4.78 is 0. The predicted octanol–water partition coefficient (Wildman–Crippen LogP) is 2.39. The number of hydrogen-bond donors (Lipinski definition) is 1. The Morgan fingerprint density at radius 2 is 1.88 bits per heavy atom. The maximum absolute atomic E-state index is 5.75. The summed E-state index contributed by atoms with van der Waals surface area (Å²) in [5, 5.41) is 0.114. The zero-order valence-corrected chi connectivity index (χ0v) is 9.78. The molecule has 0 aliphatic carbocycles. The van der Waals surface area contributed by atoms with Crippen LogP contribution in [0.4, 0.5) is 5.95 Å². The highest BCUT2D eigenvalue weighted by Crippen LogP contribution is 2.22. The van der Waals surface area contributed by atoms with E-state index in [1.165, 1.54) is 0 Å². The van der Waals surface area contributed by atoms with E-state index < -0.39 is 0 Å². The third-order valence-corrected chi connectivity index (χ3v) is 2.43. The second kappa shape index (κ2) is 4.06. The molecule has 0 amide bonds. The first-order valence-electron chi connectivity index (χ1n) is 4.81. The van der Waals surface area contributed by atoms with Crippen LogP contribution in [0.15, 0.2) is 18.2 Å². The predicted molar refractivity (Wildman–Crippen MR) is 64.2 cm³/mol. The van der Waals surface area contributed by atoms with E-state index in [0.717, 1.165) is 16.7 Å². The number of halogens is 1. The molecule has 0 aliphatic rings. The largest absolute Gasteiger partial charge is 0.368 e. The highest BCUT2D eigenvalue weighted by atomic mass is 35.5. The van der Waals surface area contributed by atoms with E-state index in [1.807, 2.05) is 32.0 Å². The van der Waals surface area contributed by atoms with Crippen molar-refractivity contribution in [3.8, 4) is 11.4 Å². The van der Waals surface area contributed by atoms with Gasteiger partial charge in [0.2, 0.25) is 11.2 Å². The Labute approximate surface area is 98.5 Å². The lowest BCUT2D eigenvalue weighted by atomic mass is 10.1. The van der Waals surface area contributed by atoms with Crippen molar-refractivity contribution in [2.24, 2.45) is 0 Å². The number of benzene rings is 1. The van der Waals surface area contributed by atoms with Gasteiger partial charge in [-0.2, -0.15) is 15.0 Å². The third kappa shape index (κ3) is 2.12. The second-order valence-electron chi connectivity index (χ2n) is 3.60. The van der Waals surface area contributed by atoms with E-state index in [1.54, 1.807) is 0 Å². The van der Waals surface area contributed by atoms with Gasteiger partial charge < -0.3 is 5.73 Å². The van der Waals surface area contributed by atoms with Crippen molar-refractivity contribution in [1.29, 1.82) is 0 Å². The molecule has 0 spiro atoms. The molecule has 16 heavy (non-hydrogen) atoms. The first-order valence-corrected chi connectivity index (χ1v) is 5.19. The Hall–Kier alpha value is -1.68. The van der Waals surface area contributed by atoms with Gasteiger partial charge in [-0.15, -0.1) is 0 Å². The van der Waals surface area contributed by atoms with E-state index in [-0.39, 0.29) is 11.2 Å². The molecule has 0 fully saturated rings. The molecule has 2 aromatic rings. The topological polar surface area (TPSA) is 64.7 Å². The fourth-order valence-corrected chi connectivity index (χ4v) is 1.63. The van der Waals surface area contributed by atoms with Gasteiger partial charge >= 0.3 is 0 Å². The van der Waals surface area contributed by atoms with Crippen LogP contribution < -0.4 is 5.73 Å². The summed E-state index contributed by atoms with van der Waals surface area (Å²) in [5.41, 5.74) is 8.68. The smallest absolute Gasteiger partial charge is 0.227 e. The molecule has 2 N–H and O–H groups in total. The SMILES string of the molecule is Cc1ccc(C)c(-c2nc(N)nc(Cl)n2)c1. The maximum atomic E-state index is 5.75. The van der Waals surface area contributed by atoms with Crippen molar-refractivity contribution >= 4 is 17.5 Å². The summed E-state index contributed by atoms with van der Waals surface area (Å²) in [5.74, 6) is 0.648.